The van der Waals surface area contributed by atoms with Gasteiger partial charge >= 0.3 is 0 Å². The SMILES string of the molecule is Cc1ccc(-c2nc3c(c(=O)[nH]2)CCN(Cc2cccc(O)c2Cl)C3)cc1. The van der Waals surface area contributed by atoms with Crippen LogP contribution in [0.25, 0.3) is 11.4 Å². The summed E-state index contributed by atoms with van der Waals surface area (Å²) in [5.41, 5.74) is 4.41. The number of H-pyrrole nitrogens is 1. The number of nitrogens with one attached hydrogen (secondary N) is 1. The molecule has 0 aliphatic carbocycles. The third-order valence-electron chi connectivity index (χ3n) is 4.93. The number of aromatic amines is 1. The van der Waals surface area contributed by atoms with Crippen LogP contribution in [0.4, 0.5) is 0 Å². The van der Waals surface area contributed by atoms with Crippen LogP contribution in [0, 0.1) is 6.92 Å². The molecule has 0 saturated heterocycles. The summed E-state index contributed by atoms with van der Waals surface area (Å²) in [5.74, 6) is 0.679. The Morgan fingerprint density at radius 2 is 2.00 bits per heavy atom. The number of aromatic hydroxyl groups is 1. The smallest absolute Gasteiger partial charge is 0.254 e. The van der Waals surface area contributed by atoms with Crippen LogP contribution in [-0.4, -0.2) is 26.5 Å². The van der Waals surface area contributed by atoms with E-state index >= 15 is 0 Å². The molecule has 0 spiro atoms. The summed E-state index contributed by atoms with van der Waals surface area (Å²) in [5, 5.41) is 10.2. The average molecular weight is 382 g/mol. The Kier molecular flexibility index (Phi) is 4.72. The maximum absolute atomic E-state index is 12.5. The summed E-state index contributed by atoms with van der Waals surface area (Å²) in [7, 11) is 0. The van der Waals surface area contributed by atoms with Gasteiger partial charge in [-0.3, -0.25) is 9.69 Å². The number of fused-ring (bicyclic) bond motifs is 1. The third-order valence-corrected chi connectivity index (χ3v) is 5.37. The first-order valence-corrected chi connectivity index (χ1v) is 9.27. The van der Waals surface area contributed by atoms with Crippen LogP contribution < -0.4 is 5.56 Å². The molecule has 27 heavy (non-hydrogen) atoms. The number of phenolic OH excluding ortho intramolecular Hbond substituents is 1. The minimum Gasteiger partial charge on any atom is -0.506 e. The lowest BCUT2D eigenvalue weighted by molar-refractivity contribution is 0.240. The second-order valence-electron chi connectivity index (χ2n) is 6.92. The highest BCUT2D eigenvalue weighted by molar-refractivity contribution is 6.32. The Morgan fingerprint density at radius 3 is 2.78 bits per heavy atom. The number of rotatable bonds is 3. The Balaban J connectivity index is 1.62. The van der Waals surface area contributed by atoms with Gasteiger partial charge in [-0.15, -0.1) is 0 Å². The lowest BCUT2D eigenvalue weighted by Gasteiger charge is -2.28. The lowest BCUT2D eigenvalue weighted by Crippen LogP contribution is -2.35. The van der Waals surface area contributed by atoms with Crippen molar-refractivity contribution >= 4 is 11.6 Å². The first-order chi connectivity index (χ1) is 13.0. The number of hydrogen-bond acceptors (Lipinski definition) is 4. The van der Waals surface area contributed by atoms with E-state index in [1.165, 1.54) is 0 Å². The predicted octanol–water partition coefficient (Wildman–Crippen LogP) is 3.66. The Morgan fingerprint density at radius 1 is 1.22 bits per heavy atom. The molecule has 3 aromatic rings. The van der Waals surface area contributed by atoms with E-state index in [4.69, 9.17) is 16.6 Å². The van der Waals surface area contributed by atoms with Crippen LogP contribution in [0.1, 0.15) is 22.4 Å². The quantitative estimate of drug-likeness (QED) is 0.726. The summed E-state index contributed by atoms with van der Waals surface area (Å²) in [6, 6.07) is 13.2. The summed E-state index contributed by atoms with van der Waals surface area (Å²) >= 11 is 6.21. The number of aryl methyl sites for hydroxylation is 1. The number of aromatic nitrogens is 2. The molecule has 138 valence electrons. The largest absolute Gasteiger partial charge is 0.506 e. The zero-order valence-corrected chi connectivity index (χ0v) is 15.8. The minimum absolute atomic E-state index is 0.0642. The van der Waals surface area contributed by atoms with E-state index in [2.05, 4.69) is 9.88 Å². The first-order valence-electron chi connectivity index (χ1n) is 8.89. The lowest BCUT2D eigenvalue weighted by atomic mass is 10.0. The molecule has 1 aliphatic heterocycles. The van der Waals surface area contributed by atoms with E-state index in [0.29, 0.717) is 30.4 Å². The molecule has 0 unspecified atom stereocenters. The van der Waals surface area contributed by atoms with Crippen molar-refractivity contribution in [3.05, 3.63) is 80.2 Å². The van der Waals surface area contributed by atoms with Crippen molar-refractivity contribution in [3.8, 4) is 17.1 Å². The van der Waals surface area contributed by atoms with Gasteiger partial charge in [0, 0.05) is 30.8 Å². The molecule has 0 radical (unpaired) electrons. The van der Waals surface area contributed by atoms with Gasteiger partial charge in [0.2, 0.25) is 0 Å². The molecule has 1 aromatic heterocycles. The van der Waals surface area contributed by atoms with Crippen molar-refractivity contribution in [2.75, 3.05) is 6.54 Å². The molecule has 6 heteroatoms. The second-order valence-corrected chi connectivity index (χ2v) is 7.29. The predicted molar refractivity (Wildman–Crippen MR) is 106 cm³/mol. The fraction of sp³-hybridized carbons (Fsp3) is 0.238. The molecule has 5 nitrogen and oxygen atoms in total. The van der Waals surface area contributed by atoms with Gasteiger partial charge in [0.15, 0.2) is 0 Å². The van der Waals surface area contributed by atoms with E-state index in [9.17, 15) is 9.90 Å². The first kappa shape index (κ1) is 17.8. The van der Waals surface area contributed by atoms with Gasteiger partial charge in [0.25, 0.3) is 5.56 Å². The highest BCUT2D eigenvalue weighted by Gasteiger charge is 2.22. The molecule has 1 aliphatic rings. The zero-order valence-electron chi connectivity index (χ0n) is 15.0. The van der Waals surface area contributed by atoms with Crippen molar-refractivity contribution in [1.29, 1.82) is 0 Å². The van der Waals surface area contributed by atoms with Crippen LogP contribution in [0.2, 0.25) is 5.02 Å². The number of halogens is 1. The Bertz CT molecular complexity index is 1040. The highest BCUT2D eigenvalue weighted by atomic mass is 35.5. The molecule has 0 bridgehead atoms. The van der Waals surface area contributed by atoms with E-state index in [1.807, 2.05) is 37.3 Å². The van der Waals surface area contributed by atoms with Gasteiger partial charge in [-0.25, -0.2) is 4.98 Å². The fourth-order valence-corrected chi connectivity index (χ4v) is 3.59. The molecule has 0 fully saturated rings. The van der Waals surface area contributed by atoms with Crippen molar-refractivity contribution in [2.45, 2.75) is 26.4 Å². The van der Waals surface area contributed by atoms with Crippen LogP contribution >= 0.6 is 11.6 Å². The van der Waals surface area contributed by atoms with Gasteiger partial charge in [-0.2, -0.15) is 0 Å². The molecular formula is C21H20ClN3O2. The van der Waals surface area contributed by atoms with Crippen molar-refractivity contribution in [1.82, 2.24) is 14.9 Å². The Hall–Kier alpha value is -2.63. The highest BCUT2D eigenvalue weighted by Crippen LogP contribution is 2.29. The van der Waals surface area contributed by atoms with Crippen LogP contribution in [0.3, 0.4) is 0 Å². The fourth-order valence-electron chi connectivity index (χ4n) is 3.41. The van der Waals surface area contributed by atoms with Crippen LogP contribution in [-0.2, 0) is 19.5 Å². The van der Waals surface area contributed by atoms with Crippen molar-refractivity contribution < 1.29 is 5.11 Å². The Labute approximate surface area is 162 Å². The van der Waals surface area contributed by atoms with Gasteiger partial charge in [-0.1, -0.05) is 53.6 Å². The maximum Gasteiger partial charge on any atom is 0.254 e. The average Bonchev–Trinajstić information content (AvgIpc) is 2.66. The summed E-state index contributed by atoms with van der Waals surface area (Å²) in [4.78, 5) is 22.3. The molecule has 0 amide bonds. The van der Waals surface area contributed by atoms with Gasteiger partial charge in [-0.05, 0) is 25.0 Å². The third kappa shape index (κ3) is 3.61. The zero-order chi connectivity index (χ0) is 19.0. The van der Waals surface area contributed by atoms with Gasteiger partial charge in [0.1, 0.15) is 11.6 Å². The molecular weight excluding hydrogens is 362 g/mol. The number of hydrogen-bond donors (Lipinski definition) is 2. The van der Waals surface area contributed by atoms with E-state index in [1.54, 1.807) is 12.1 Å². The molecule has 2 N–H and O–H groups in total. The monoisotopic (exact) mass is 381 g/mol. The number of benzene rings is 2. The molecule has 0 saturated carbocycles. The summed E-state index contributed by atoms with van der Waals surface area (Å²) in [6.45, 7) is 3.94. The standard InChI is InChI=1S/C21H20ClN3O2/c1-13-5-7-14(8-6-13)20-23-17-12-25(10-9-16(17)21(27)24-20)11-15-3-2-4-18(26)19(15)22/h2-8,26H,9-12H2,1H3,(H,23,24,27). The minimum atomic E-state index is -0.0642. The molecule has 0 atom stereocenters. The summed E-state index contributed by atoms with van der Waals surface area (Å²) < 4.78 is 0. The number of phenols is 1. The summed E-state index contributed by atoms with van der Waals surface area (Å²) in [6.07, 6.45) is 0.641. The normalized spacial score (nSPS) is 14.1. The van der Waals surface area contributed by atoms with Crippen molar-refractivity contribution in [3.63, 3.8) is 0 Å². The van der Waals surface area contributed by atoms with Crippen LogP contribution in [0.15, 0.2) is 47.3 Å². The van der Waals surface area contributed by atoms with E-state index < -0.39 is 0 Å². The number of nitrogens with zero attached hydrogens (tertiary/aromatic N) is 2. The molecule has 2 aromatic carbocycles. The topological polar surface area (TPSA) is 69.2 Å². The van der Waals surface area contributed by atoms with Crippen molar-refractivity contribution in [2.24, 2.45) is 0 Å². The van der Waals surface area contributed by atoms with Gasteiger partial charge in [0.05, 0.1) is 10.7 Å². The second kappa shape index (κ2) is 7.18. The van der Waals surface area contributed by atoms with Crippen LogP contribution in [0.5, 0.6) is 5.75 Å². The molecule has 2 heterocycles. The molecule has 4 rings (SSSR count). The van der Waals surface area contributed by atoms with E-state index in [0.717, 1.165) is 34.5 Å². The maximum atomic E-state index is 12.5. The van der Waals surface area contributed by atoms with Gasteiger partial charge < -0.3 is 10.1 Å². The van der Waals surface area contributed by atoms with E-state index in [-0.39, 0.29) is 11.3 Å².